The third-order valence-electron chi connectivity index (χ3n) is 4.93. The Hall–Kier alpha value is -2.85. The van der Waals surface area contributed by atoms with Gasteiger partial charge < -0.3 is 5.32 Å². The van der Waals surface area contributed by atoms with Crippen LogP contribution in [0.25, 0.3) is 0 Å². The number of thiophene rings is 1. The van der Waals surface area contributed by atoms with E-state index in [4.69, 9.17) is 0 Å². The number of fused-ring (bicyclic) bond motifs is 1. The lowest BCUT2D eigenvalue weighted by molar-refractivity contribution is -0.137. The van der Waals surface area contributed by atoms with Gasteiger partial charge >= 0.3 is 6.18 Å². The van der Waals surface area contributed by atoms with Gasteiger partial charge in [-0.3, -0.25) is 9.10 Å². The van der Waals surface area contributed by atoms with E-state index in [0.29, 0.717) is 30.8 Å². The number of hydrogen-bond acceptors (Lipinski definition) is 4. The van der Waals surface area contributed by atoms with Crippen LogP contribution in [0.2, 0.25) is 0 Å². The molecule has 0 aliphatic carbocycles. The van der Waals surface area contributed by atoms with Gasteiger partial charge in [-0.15, -0.1) is 11.3 Å². The Morgan fingerprint density at radius 1 is 1.06 bits per heavy atom. The van der Waals surface area contributed by atoms with Gasteiger partial charge in [-0.25, -0.2) is 8.42 Å². The number of nitrogens with zero attached hydrogens (tertiary/aromatic N) is 1. The molecule has 162 valence electrons. The average Bonchev–Trinajstić information content (AvgIpc) is 3.28. The monoisotopic (exact) mass is 466 g/mol. The van der Waals surface area contributed by atoms with Crippen LogP contribution in [-0.4, -0.2) is 20.9 Å². The van der Waals surface area contributed by atoms with Gasteiger partial charge in [-0.2, -0.15) is 13.2 Å². The molecule has 3 aromatic rings. The van der Waals surface area contributed by atoms with E-state index in [0.717, 1.165) is 41.2 Å². The van der Waals surface area contributed by atoms with Gasteiger partial charge in [-0.1, -0.05) is 12.1 Å². The molecule has 0 atom stereocenters. The predicted octanol–water partition coefficient (Wildman–Crippen LogP) is 5.16. The minimum absolute atomic E-state index is 0.0637. The Kier molecular flexibility index (Phi) is 5.52. The summed E-state index contributed by atoms with van der Waals surface area (Å²) in [6, 6.07) is 12.1. The first-order chi connectivity index (χ1) is 14.7. The van der Waals surface area contributed by atoms with Gasteiger partial charge in [0, 0.05) is 17.8 Å². The molecule has 1 aliphatic rings. The van der Waals surface area contributed by atoms with Crippen LogP contribution in [0.3, 0.4) is 0 Å². The molecule has 10 heteroatoms. The van der Waals surface area contributed by atoms with Crippen LogP contribution >= 0.6 is 11.3 Å². The average molecular weight is 467 g/mol. The molecule has 0 spiro atoms. The zero-order valence-electron chi connectivity index (χ0n) is 16.0. The van der Waals surface area contributed by atoms with E-state index in [1.807, 2.05) is 0 Å². The highest BCUT2D eigenvalue weighted by Gasteiger charge is 2.31. The number of hydrogen-bond donors (Lipinski definition) is 1. The number of rotatable bonds is 4. The minimum atomic E-state index is -4.48. The summed E-state index contributed by atoms with van der Waals surface area (Å²) >= 11 is 1.13. The maximum atomic E-state index is 13.0. The molecular weight excluding hydrogens is 449 g/mol. The molecule has 2 heterocycles. The van der Waals surface area contributed by atoms with Crippen molar-refractivity contribution in [3.8, 4) is 0 Å². The molecule has 5 nitrogen and oxygen atoms in total. The fourth-order valence-electron chi connectivity index (χ4n) is 3.40. The first-order valence-corrected chi connectivity index (χ1v) is 11.7. The molecule has 1 N–H and O–H groups in total. The van der Waals surface area contributed by atoms with E-state index < -0.39 is 27.7 Å². The van der Waals surface area contributed by atoms with E-state index in [-0.39, 0.29) is 9.77 Å². The van der Waals surface area contributed by atoms with Gasteiger partial charge in [0.2, 0.25) is 0 Å². The van der Waals surface area contributed by atoms with Crippen LogP contribution in [0.1, 0.15) is 27.9 Å². The van der Waals surface area contributed by atoms with Crippen LogP contribution in [0, 0.1) is 0 Å². The van der Waals surface area contributed by atoms with Gasteiger partial charge in [-0.05, 0) is 66.2 Å². The maximum Gasteiger partial charge on any atom is 0.416 e. The Labute approximate surface area is 181 Å². The lowest BCUT2D eigenvalue weighted by Gasteiger charge is -2.30. The highest BCUT2D eigenvalue weighted by Crippen LogP contribution is 2.35. The summed E-state index contributed by atoms with van der Waals surface area (Å²) in [4.78, 5) is 12.5. The summed E-state index contributed by atoms with van der Waals surface area (Å²) in [6.45, 7) is 0.323. The summed E-state index contributed by atoms with van der Waals surface area (Å²) in [5.41, 5.74) is 0.918. The summed E-state index contributed by atoms with van der Waals surface area (Å²) in [5.74, 6) is -0.586. The van der Waals surface area contributed by atoms with Crippen molar-refractivity contribution in [3.05, 3.63) is 76.7 Å². The molecule has 0 saturated heterocycles. The second-order valence-corrected chi connectivity index (χ2v) is 10.0. The van der Waals surface area contributed by atoms with Crippen molar-refractivity contribution in [2.24, 2.45) is 0 Å². The number of nitrogens with one attached hydrogen (secondary N) is 1. The van der Waals surface area contributed by atoms with Crippen molar-refractivity contribution in [3.63, 3.8) is 0 Å². The highest BCUT2D eigenvalue weighted by atomic mass is 32.2. The molecule has 1 aliphatic heterocycles. The zero-order valence-corrected chi connectivity index (χ0v) is 17.7. The molecule has 1 amide bonds. The number of halogens is 3. The molecule has 0 fully saturated rings. The van der Waals surface area contributed by atoms with Crippen LogP contribution in [0.4, 0.5) is 24.5 Å². The molecule has 1 aromatic heterocycles. The second kappa shape index (κ2) is 8.01. The normalized spacial score (nSPS) is 14.2. The quantitative estimate of drug-likeness (QED) is 0.578. The van der Waals surface area contributed by atoms with Gasteiger partial charge in [0.25, 0.3) is 15.9 Å². The third kappa shape index (κ3) is 4.31. The van der Waals surface area contributed by atoms with Gasteiger partial charge in [0.05, 0.1) is 11.3 Å². The van der Waals surface area contributed by atoms with Crippen LogP contribution in [-0.2, 0) is 22.6 Å². The Balaban J connectivity index is 1.60. The van der Waals surface area contributed by atoms with Crippen molar-refractivity contribution in [1.82, 2.24) is 0 Å². The topological polar surface area (TPSA) is 66.5 Å². The molecule has 0 bridgehead atoms. The molecule has 31 heavy (non-hydrogen) atoms. The summed E-state index contributed by atoms with van der Waals surface area (Å²) in [5, 5.41) is 4.33. The van der Waals surface area contributed by atoms with E-state index >= 15 is 0 Å². The van der Waals surface area contributed by atoms with Crippen LogP contribution < -0.4 is 9.62 Å². The second-order valence-electron chi connectivity index (χ2n) is 6.99. The third-order valence-corrected chi connectivity index (χ3v) is 8.12. The number of aryl methyl sites for hydroxylation is 1. The van der Waals surface area contributed by atoms with Crippen molar-refractivity contribution in [2.75, 3.05) is 16.2 Å². The van der Waals surface area contributed by atoms with Crippen molar-refractivity contribution >= 4 is 38.6 Å². The molecular formula is C21H17F3N2O3S2. The number of carbonyl (C=O) groups is 1. The largest absolute Gasteiger partial charge is 0.416 e. The number of alkyl halides is 3. The predicted molar refractivity (Wildman–Crippen MR) is 113 cm³/mol. The molecule has 0 unspecified atom stereocenters. The minimum Gasteiger partial charge on any atom is -0.322 e. The Morgan fingerprint density at radius 2 is 1.81 bits per heavy atom. The Morgan fingerprint density at radius 3 is 2.45 bits per heavy atom. The van der Waals surface area contributed by atoms with E-state index in [2.05, 4.69) is 5.32 Å². The van der Waals surface area contributed by atoms with Crippen molar-refractivity contribution in [1.29, 1.82) is 0 Å². The summed E-state index contributed by atoms with van der Waals surface area (Å²) in [7, 11) is -3.72. The summed E-state index contributed by atoms with van der Waals surface area (Å²) < 4.78 is 65.8. The Bertz CT molecular complexity index is 1210. The molecule has 2 aromatic carbocycles. The number of amides is 1. The zero-order chi connectivity index (χ0) is 22.2. The fourth-order valence-corrected chi connectivity index (χ4v) is 6.04. The SMILES string of the molecule is O=C(Nc1ccc2c(c1)N(S(=O)(=O)c1cccs1)CCC2)c1ccc(C(F)(F)F)cc1. The van der Waals surface area contributed by atoms with Crippen molar-refractivity contribution < 1.29 is 26.4 Å². The standard InChI is InChI=1S/C21H17F3N2O3S2/c22-21(23,24)16-8-5-15(6-9-16)20(27)25-17-10-7-14-3-1-11-26(18(14)13-17)31(28,29)19-4-2-12-30-19/h2,4-10,12-13H,1,3,11H2,(H,25,27). The first kappa shape index (κ1) is 21.4. The van der Waals surface area contributed by atoms with Gasteiger partial charge in [0.1, 0.15) is 4.21 Å². The lowest BCUT2D eigenvalue weighted by Crippen LogP contribution is -2.35. The fraction of sp³-hybridized carbons (Fsp3) is 0.190. The van der Waals surface area contributed by atoms with E-state index in [1.165, 1.54) is 4.31 Å². The highest BCUT2D eigenvalue weighted by molar-refractivity contribution is 7.94. The molecule has 0 radical (unpaired) electrons. The maximum absolute atomic E-state index is 13.0. The number of benzene rings is 2. The molecule has 4 rings (SSSR count). The number of anilines is 2. The first-order valence-electron chi connectivity index (χ1n) is 9.34. The van der Waals surface area contributed by atoms with E-state index in [9.17, 15) is 26.4 Å². The van der Waals surface area contributed by atoms with Crippen LogP contribution in [0.5, 0.6) is 0 Å². The smallest absolute Gasteiger partial charge is 0.322 e. The van der Waals surface area contributed by atoms with E-state index in [1.54, 1.807) is 35.7 Å². The van der Waals surface area contributed by atoms with Crippen molar-refractivity contribution in [2.45, 2.75) is 23.2 Å². The number of carbonyl (C=O) groups excluding carboxylic acids is 1. The summed E-state index contributed by atoms with van der Waals surface area (Å²) in [6.07, 6.45) is -3.10. The van der Waals surface area contributed by atoms with Crippen LogP contribution in [0.15, 0.2) is 64.2 Å². The molecule has 0 saturated carbocycles. The number of sulfonamides is 1. The lowest BCUT2D eigenvalue weighted by atomic mass is 10.0. The van der Waals surface area contributed by atoms with Gasteiger partial charge in [0.15, 0.2) is 0 Å².